The number of ketones is 1. The van der Waals surface area contributed by atoms with Crippen molar-refractivity contribution in [2.75, 3.05) is 6.54 Å². The van der Waals surface area contributed by atoms with Crippen LogP contribution in [0.3, 0.4) is 0 Å². The van der Waals surface area contributed by atoms with E-state index in [1.165, 1.54) is 12.1 Å². The number of carbonyl (C=O) groups excluding carboxylic acids is 4. The second kappa shape index (κ2) is 19.8. The van der Waals surface area contributed by atoms with Gasteiger partial charge in [-0.25, -0.2) is 9.59 Å². The van der Waals surface area contributed by atoms with Gasteiger partial charge >= 0.3 is 18.2 Å². The number of rotatable bonds is 19. The summed E-state index contributed by atoms with van der Waals surface area (Å²) in [5.41, 5.74) is -0.152. The molecule has 0 spiro atoms. The Bertz CT molecular complexity index is 1440. The Balaban J connectivity index is 2.11. The van der Waals surface area contributed by atoms with Crippen LogP contribution in [0.4, 0.5) is 18.0 Å². The molecule has 0 aliphatic heterocycles. The number of carbonyl (C=O) groups is 5. The van der Waals surface area contributed by atoms with Crippen molar-refractivity contribution in [3.05, 3.63) is 71.3 Å². The number of carboxylic acid groups (broad SMARTS) is 1. The molecule has 0 saturated carbocycles. The molecule has 0 radical (unpaired) electrons. The van der Waals surface area contributed by atoms with Crippen LogP contribution in [0, 0.1) is 17.8 Å². The number of Topliss-reactive ketones (excluding diaryl/α,β-unsaturated/α-hetero) is 1. The molecule has 2 aromatic rings. The fourth-order valence-electron chi connectivity index (χ4n) is 5.45. The summed E-state index contributed by atoms with van der Waals surface area (Å²) < 4.78 is 44.2. The van der Waals surface area contributed by atoms with Crippen LogP contribution < -0.4 is 16.0 Å². The van der Waals surface area contributed by atoms with Crippen molar-refractivity contribution in [2.24, 2.45) is 17.8 Å². The number of aliphatic carboxylic acids is 1. The van der Waals surface area contributed by atoms with E-state index in [0.717, 1.165) is 17.7 Å². The Morgan fingerprint density at radius 3 is 1.92 bits per heavy atom. The third kappa shape index (κ3) is 16.4. The summed E-state index contributed by atoms with van der Waals surface area (Å²) in [4.78, 5) is 64.5. The van der Waals surface area contributed by atoms with Crippen molar-refractivity contribution >= 4 is 29.7 Å². The van der Waals surface area contributed by atoms with Gasteiger partial charge in [0, 0.05) is 24.8 Å². The molecule has 2 aromatic carbocycles. The van der Waals surface area contributed by atoms with Gasteiger partial charge in [-0.15, -0.1) is 0 Å². The van der Waals surface area contributed by atoms with E-state index < -0.39 is 70.9 Å². The highest BCUT2D eigenvalue weighted by Crippen LogP contribution is 2.29. The van der Waals surface area contributed by atoms with Gasteiger partial charge in [-0.3, -0.25) is 14.4 Å². The second-order valence-corrected chi connectivity index (χ2v) is 14.4. The van der Waals surface area contributed by atoms with Gasteiger partial charge in [0.25, 0.3) is 0 Å². The number of benzene rings is 2. The first-order valence-corrected chi connectivity index (χ1v) is 17.3. The van der Waals surface area contributed by atoms with E-state index in [1.54, 1.807) is 52.0 Å². The molecule has 10 nitrogen and oxygen atoms in total. The maximum Gasteiger partial charge on any atom is 0.416 e. The lowest BCUT2D eigenvalue weighted by atomic mass is 9.88. The average molecular weight is 720 g/mol. The van der Waals surface area contributed by atoms with Crippen molar-refractivity contribution in [1.82, 2.24) is 16.0 Å². The van der Waals surface area contributed by atoms with Crippen LogP contribution in [0.5, 0.6) is 0 Å². The standard InChI is InChI=1S/C38H52F3N3O7/c1-24(2)20-28(34(47)43-30(35(48)49)14-10-11-19-42-36(50)51-37(4,5)6)23-32(45)31(22-26-12-8-7-9-13-26)44-33(46)25(3)21-27-15-17-29(18-16-27)38(39,40)41/h7-9,12-13,15-18,24-25,28,30-31H,10-11,14,19-23H2,1-6H3,(H,42,50)(H,43,47)(H,44,46)(H,48,49)/t25-,28+,30-,31-/m1/s1. The van der Waals surface area contributed by atoms with Gasteiger partial charge in [-0.2, -0.15) is 13.2 Å². The lowest BCUT2D eigenvalue weighted by Crippen LogP contribution is -2.48. The minimum atomic E-state index is -4.48. The number of carboxylic acids is 1. The summed E-state index contributed by atoms with van der Waals surface area (Å²) in [7, 11) is 0. The largest absolute Gasteiger partial charge is 0.480 e. The molecule has 0 bridgehead atoms. The van der Waals surface area contributed by atoms with E-state index >= 15 is 0 Å². The Morgan fingerprint density at radius 2 is 1.37 bits per heavy atom. The van der Waals surface area contributed by atoms with Gasteiger partial charge in [-0.1, -0.05) is 63.2 Å². The van der Waals surface area contributed by atoms with Crippen LogP contribution in [0.1, 0.15) is 90.3 Å². The zero-order valence-electron chi connectivity index (χ0n) is 30.3. The molecule has 4 N–H and O–H groups in total. The Labute approximate surface area is 298 Å². The van der Waals surface area contributed by atoms with E-state index in [1.807, 2.05) is 19.9 Å². The number of alkyl carbamates (subject to hydrolysis) is 1. The van der Waals surface area contributed by atoms with Crippen molar-refractivity contribution in [1.29, 1.82) is 0 Å². The first kappa shape index (κ1) is 42.7. The summed E-state index contributed by atoms with van der Waals surface area (Å²) in [6, 6.07) is 11.3. The van der Waals surface area contributed by atoms with Crippen molar-refractivity contribution in [3.8, 4) is 0 Å². The van der Waals surface area contributed by atoms with Crippen LogP contribution in [0.25, 0.3) is 0 Å². The van der Waals surface area contributed by atoms with Gasteiger partial charge in [0.15, 0.2) is 5.78 Å². The number of unbranched alkanes of at least 4 members (excludes halogenated alkanes) is 1. The minimum Gasteiger partial charge on any atom is -0.480 e. The summed E-state index contributed by atoms with van der Waals surface area (Å²) in [5.74, 6) is -4.25. The molecule has 4 atom stereocenters. The Kier molecular flexibility index (Phi) is 16.6. The maximum atomic E-state index is 13.8. The lowest BCUT2D eigenvalue weighted by Gasteiger charge is -2.25. The molecule has 0 aliphatic rings. The molecular formula is C38H52F3N3O7. The number of ether oxygens (including phenoxy) is 1. The van der Waals surface area contributed by atoms with Crippen molar-refractivity contribution in [3.63, 3.8) is 0 Å². The van der Waals surface area contributed by atoms with Gasteiger partial charge in [0.1, 0.15) is 11.6 Å². The maximum absolute atomic E-state index is 13.8. The fourth-order valence-corrected chi connectivity index (χ4v) is 5.45. The average Bonchev–Trinajstić information content (AvgIpc) is 3.02. The molecule has 0 aliphatic carbocycles. The number of hydrogen-bond donors (Lipinski definition) is 4. The smallest absolute Gasteiger partial charge is 0.416 e. The molecule has 2 rings (SSSR count). The number of alkyl halides is 3. The van der Waals surface area contributed by atoms with Crippen molar-refractivity contribution in [2.45, 2.75) is 110 Å². The first-order chi connectivity index (χ1) is 23.7. The molecule has 51 heavy (non-hydrogen) atoms. The molecule has 0 aromatic heterocycles. The molecule has 0 fully saturated rings. The van der Waals surface area contributed by atoms with Crippen LogP contribution in [-0.2, 0) is 42.9 Å². The number of halogens is 3. The molecule has 0 saturated heterocycles. The molecule has 3 amide bonds. The highest BCUT2D eigenvalue weighted by molar-refractivity contribution is 5.94. The predicted molar refractivity (Wildman–Crippen MR) is 187 cm³/mol. The summed E-state index contributed by atoms with van der Waals surface area (Å²) in [6.45, 7) is 10.9. The summed E-state index contributed by atoms with van der Waals surface area (Å²) in [5, 5.41) is 17.8. The van der Waals surface area contributed by atoms with Gasteiger partial charge in [0.2, 0.25) is 11.8 Å². The highest BCUT2D eigenvalue weighted by atomic mass is 19.4. The fraction of sp³-hybridized carbons (Fsp3) is 0.553. The second-order valence-electron chi connectivity index (χ2n) is 14.4. The number of amides is 3. The highest BCUT2D eigenvalue weighted by Gasteiger charge is 2.32. The van der Waals surface area contributed by atoms with Crippen LogP contribution >= 0.6 is 0 Å². The molecule has 282 valence electrons. The molecular weight excluding hydrogens is 667 g/mol. The first-order valence-electron chi connectivity index (χ1n) is 17.3. The SMILES string of the molecule is CC(C)C[C@@H](CC(=O)[C@@H](Cc1ccccc1)NC(=O)[C@H](C)Cc1ccc(C(F)(F)F)cc1)C(=O)N[C@H](CCCCNC(=O)OC(C)(C)C)C(=O)O. The van der Waals surface area contributed by atoms with Gasteiger partial charge in [0.05, 0.1) is 11.6 Å². The zero-order chi connectivity index (χ0) is 38.4. The minimum absolute atomic E-state index is 0.0123. The van der Waals surface area contributed by atoms with Crippen LogP contribution in [0.2, 0.25) is 0 Å². The van der Waals surface area contributed by atoms with Crippen LogP contribution in [-0.4, -0.2) is 59.0 Å². The van der Waals surface area contributed by atoms with Gasteiger partial charge < -0.3 is 25.8 Å². The van der Waals surface area contributed by atoms with E-state index in [9.17, 15) is 42.3 Å². The Morgan fingerprint density at radius 1 is 0.784 bits per heavy atom. The van der Waals surface area contributed by atoms with E-state index in [4.69, 9.17) is 4.74 Å². The predicted octanol–water partition coefficient (Wildman–Crippen LogP) is 6.50. The summed E-state index contributed by atoms with van der Waals surface area (Å²) >= 11 is 0. The van der Waals surface area contributed by atoms with Crippen molar-refractivity contribution < 1.29 is 47.0 Å². The lowest BCUT2D eigenvalue weighted by molar-refractivity contribution is -0.143. The molecule has 0 heterocycles. The zero-order valence-corrected chi connectivity index (χ0v) is 30.3. The van der Waals surface area contributed by atoms with Gasteiger partial charge in [-0.05, 0) is 88.5 Å². The monoisotopic (exact) mass is 719 g/mol. The van der Waals surface area contributed by atoms with E-state index in [-0.39, 0.29) is 38.1 Å². The van der Waals surface area contributed by atoms with E-state index in [0.29, 0.717) is 24.8 Å². The van der Waals surface area contributed by atoms with E-state index in [2.05, 4.69) is 16.0 Å². The molecule has 0 unspecified atom stereocenters. The molecule has 13 heteroatoms. The van der Waals surface area contributed by atoms with Crippen LogP contribution in [0.15, 0.2) is 54.6 Å². The third-order valence-corrected chi connectivity index (χ3v) is 8.04. The normalized spacial score (nSPS) is 14.2. The number of nitrogens with one attached hydrogen (secondary N) is 3. The summed E-state index contributed by atoms with van der Waals surface area (Å²) in [6.07, 6.45) is -3.80. The quantitative estimate of drug-likeness (QED) is 0.121. The Hall–Kier alpha value is -4.42. The third-order valence-electron chi connectivity index (χ3n) is 8.04. The number of hydrogen-bond acceptors (Lipinski definition) is 6. The topological polar surface area (TPSA) is 151 Å².